The molecule has 1 aromatic heterocycles. The van der Waals surface area contributed by atoms with E-state index in [1.807, 2.05) is 14.1 Å². The van der Waals surface area contributed by atoms with Crippen molar-refractivity contribution in [1.29, 1.82) is 0 Å². The molecule has 0 aliphatic carbocycles. The number of nitrogens with zero attached hydrogens (tertiary/aromatic N) is 4. The molecule has 1 rings (SSSR count). The predicted octanol–water partition coefficient (Wildman–Crippen LogP) is 0.801. The van der Waals surface area contributed by atoms with Gasteiger partial charge in [0.1, 0.15) is 6.61 Å². The molecule has 1 N–H and O–H groups in total. The normalized spacial score (nSPS) is 10.5. The molecule has 8 heteroatoms. The molecule has 0 fully saturated rings. The fourth-order valence-electron chi connectivity index (χ4n) is 1.36. The van der Waals surface area contributed by atoms with Crippen molar-refractivity contribution in [2.24, 2.45) is 0 Å². The number of nitrogens with one attached hydrogen (secondary N) is 1. The van der Waals surface area contributed by atoms with E-state index in [0.717, 1.165) is 13.0 Å². The van der Waals surface area contributed by atoms with Crippen molar-refractivity contribution in [1.82, 2.24) is 15.0 Å². The van der Waals surface area contributed by atoms with Crippen LogP contribution in [0.2, 0.25) is 0 Å². The number of anilines is 2. The molecule has 1 aromatic rings. The van der Waals surface area contributed by atoms with Crippen LogP contribution in [0.3, 0.4) is 0 Å². The average molecular weight is 299 g/mol. The first-order valence-corrected chi connectivity index (χ1v) is 7.04. The molecule has 0 saturated heterocycles. The van der Waals surface area contributed by atoms with Gasteiger partial charge in [-0.2, -0.15) is 15.0 Å². The fraction of sp³-hybridized carbons (Fsp3) is 0.769. The summed E-state index contributed by atoms with van der Waals surface area (Å²) in [6, 6.07) is 0.294. The lowest BCUT2D eigenvalue weighted by Gasteiger charge is -2.13. The maximum absolute atomic E-state index is 5.50. The maximum Gasteiger partial charge on any atom is 0.323 e. The summed E-state index contributed by atoms with van der Waals surface area (Å²) in [4.78, 5) is 14.6. The Bertz CT molecular complexity index is 403. The molecule has 21 heavy (non-hydrogen) atoms. The number of methoxy groups -OCH3 is 1. The van der Waals surface area contributed by atoms with Gasteiger partial charge in [0, 0.05) is 27.7 Å². The van der Waals surface area contributed by atoms with Crippen LogP contribution in [0.1, 0.15) is 13.3 Å². The summed E-state index contributed by atoms with van der Waals surface area (Å²) >= 11 is 0. The summed E-state index contributed by atoms with van der Waals surface area (Å²) in [7, 11) is 5.38. The van der Waals surface area contributed by atoms with Crippen molar-refractivity contribution in [3.63, 3.8) is 0 Å². The minimum absolute atomic E-state index is 0.294. The molecule has 0 radical (unpaired) electrons. The van der Waals surface area contributed by atoms with Gasteiger partial charge in [-0.3, -0.25) is 0 Å². The van der Waals surface area contributed by atoms with Gasteiger partial charge in [0.05, 0.1) is 19.8 Å². The molecule has 0 aliphatic heterocycles. The largest absolute Gasteiger partial charge is 0.461 e. The number of hydrogen-bond donors (Lipinski definition) is 1. The summed E-state index contributed by atoms with van der Waals surface area (Å²) in [5.41, 5.74) is 0. The first kappa shape index (κ1) is 17.4. The number of hydrogen-bond acceptors (Lipinski definition) is 8. The van der Waals surface area contributed by atoms with Crippen LogP contribution >= 0.6 is 0 Å². The second kappa shape index (κ2) is 10.1. The molecule has 0 aromatic carbocycles. The zero-order valence-electron chi connectivity index (χ0n) is 13.3. The third kappa shape index (κ3) is 7.05. The molecule has 0 amide bonds. The van der Waals surface area contributed by atoms with Crippen molar-refractivity contribution < 1.29 is 14.2 Å². The lowest BCUT2D eigenvalue weighted by Crippen LogP contribution is -2.17. The van der Waals surface area contributed by atoms with E-state index in [1.54, 1.807) is 12.0 Å². The van der Waals surface area contributed by atoms with Crippen LogP contribution in [-0.4, -0.2) is 69.1 Å². The molecule has 0 saturated carbocycles. The first-order chi connectivity index (χ1) is 10.2. The Kier molecular flexibility index (Phi) is 8.37. The van der Waals surface area contributed by atoms with Crippen LogP contribution in [0.5, 0.6) is 6.01 Å². The van der Waals surface area contributed by atoms with Gasteiger partial charge in [-0.25, -0.2) is 0 Å². The molecule has 8 nitrogen and oxygen atoms in total. The van der Waals surface area contributed by atoms with Gasteiger partial charge in [-0.15, -0.1) is 0 Å². The average Bonchev–Trinajstić information content (AvgIpc) is 2.48. The van der Waals surface area contributed by atoms with Crippen molar-refractivity contribution in [3.8, 4) is 6.01 Å². The van der Waals surface area contributed by atoms with Gasteiger partial charge in [-0.1, -0.05) is 6.92 Å². The third-order valence-electron chi connectivity index (χ3n) is 2.43. The first-order valence-electron chi connectivity index (χ1n) is 7.04. The lowest BCUT2D eigenvalue weighted by atomic mass is 10.5. The van der Waals surface area contributed by atoms with Crippen molar-refractivity contribution >= 4 is 11.9 Å². The Labute approximate surface area is 125 Å². The van der Waals surface area contributed by atoms with Crippen LogP contribution in [0.25, 0.3) is 0 Å². The summed E-state index contributed by atoms with van der Waals surface area (Å²) < 4.78 is 15.7. The SMILES string of the molecule is CCCNc1nc(OCCOCCOC)nc(N(C)C)n1. The third-order valence-corrected chi connectivity index (χ3v) is 2.43. The number of ether oxygens (including phenoxy) is 3. The summed E-state index contributed by atoms with van der Waals surface area (Å²) in [5.74, 6) is 1.07. The smallest absolute Gasteiger partial charge is 0.323 e. The number of rotatable bonds is 11. The van der Waals surface area contributed by atoms with E-state index in [0.29, 0.717) is 44.3 Å². The van der Waals surface area contributed by atoms with E-state index in [4.69, 9.17) is 14.2 Å². The monoisotopic (exact) mass is 299 g/mol. The van der Waals surface area contributed by atoms with Crippen molar-refractivity contribution in [3.05, 3.63) is 0 Å². The Morgan fingerprint density at radius 1 is 1.05 bits per heavy atom. The molecule has 120 valence electrons. The Morgan fingerprint density at radius 2 is 1.81 bits per heavy atom. The summed E-state index contributed by atoms with van der Waals surface area (Å²) in [6.07, 6.45) is 0.993. The van der Waals surface area contributed by atoms with Crippen LogP contribution in [0, 0.1) is 0 Å². The van der Waals surface area contributed by atoms with E-state index >= 15 is 0 Å². The van der Waals surface area contributed by atoms with Crippen LogP contribution in [0.15, 0.2) is 0 Å². The zero-order valence-corrected chi connectivity index (χ0v) is 13.3. The summed E-state index contributed by atoms with van der Waals surface area (Å²) in [6.45, 7) is 4.84. The minimum atomic E-state index is 0.294. The highest BCUT2D eigenvalue weighted by molar-refractivity contribution is 5.36. The molecular weight excluding hydrogens is 274 g/mol. The van der Waals surface area contributed by atoms with E-state index in [2.05, 4.69) is 27.2 Å². The Morgan fingerprint density at radius 3 is 2.48 bits per heavy atom. The maximum atomic E-state index is 5.50. The Hall–Kier alpha value is -1.67. The van der Waals surface area contributed by atoms with Crippen LogP contribution in [0.4, 0.5) is 11.9 Å². The van der Waals surface area contributed by atoms with Gasteiger partial charge >= 0.3 is 6.01 Å². The molecular formula is C13H25N5O3. The second-order valence-corrected chi connectivity index (χ2v) is 4.52. The molecule has 0 aliphatic rings. The van der Waals surface area contributed by atoms with Gasteiger partial charge in [-0.05, 0) is 6.42 Å². The van der Waals surface area contributed by atoms with Crippen molar-refractivity contribution in [2.45, 2.75) is 13.3 Å². The van der Waals surface area contributed by atoms with Gasteiger partial charge < -0.3 is 24.4 Å². The quantitative estimate of drug-likeness (QED) is 0.601. The van der Waals surface area contributed by atoms with E-state index in [1.165, 1.54) is 0 Å². The van der Waals surface area contributed by atoms with Crippen molar-refractivity contribution in [2.75, 3.05) is 64.4 Å². The standard InChI is InChI=1S/C13H25N5O3/c1-5-6-14-11-15-12(18(2)3)17-13(16-11)21-10-9-20-8-7-19-4/h5-10H2,1-4H3,(H,14,15,16,17). The van der Waals surface area contributed by atoms with Crippen LogP contribution in [-0.2, 0) is 9.47 Å². The molecule has 0 unspecified atom stereocenters. The Balaban J connectivity index is 2.52. The van der Waals surface area contributed by atoms with E-state index in [-0.39, 0.29) is 0 Å². The highest BCUT2D eigenvalue weighted by Crippen LogP contribution is 2.13. The van der Waals surface area contributed by atoms with E-state index < -0.39 is 0 Å². The zero-order chi connectivity index (χ0) is 15.5. The van der Waals surface area contributed by atoms with Gasteiger partial charge in [0.2, 0.25) is 11.9 Å². The molecule has 0 atom stereocenters. The second-order valence-electron chi connectivity index (χ2n) is 4.52. The predicted molar refractivity (Wildman–Crippen MR) is 81.1 cm³/mol. The summed E-state index contributed by atoms with van der Waals surface area (Å²) in [5, 5.41) is 3.13. The highest BCUT2D eigenvalue weighted by atomic mass is 16.5. The van der Waals surface area contributed by atoms with Gasteiger partial charge in [0.25, 0.3) is 0 Å². The van der Waals surface area contributed by atoms with Gasteiger partial charge in [0.15, 0.2) is 0 Å². The van der Waals surface area contributed by atoms with Crippen LogP contribution < -0.4 is 15.0 Å². The van der Waals surface area contributed by atoms with E-state index in [9.17, 15) is 0 Å². The number of aromatic nitrogens is 3. The lowest BCUT2D eigenvalue weighted by molar-refractivity contribution is 0.0528. The highest BCUT2D eigenvalue weighted by Gasteiger charge is 2.08. The molecule has 0 spiro atoms. The molecule has 1 heterocycles. The minimum Gasteiger partial charge on any atom is -0.461 e. The fourth-order valence-corrected chi connectivity index (χ4v) is 1.36. The molecule has 0 bridgehead atoms. The topological polar surface area (TPSA) is 81.6 Å².